The van der Waals surface area contributed by atoms with Crippen LogP contribution in [0.1, 0.15) is 40.9 Å². The molecule has 0 fully saturated rings. The maximum Gasteiger partial charge on any atom is 0.290 e. The van der Waals surface area contributed by atoms with E-state index in [-0.39, 0.29) is 34.1 Å². The lowest BCUT2D eigenvalue weighted by atomic mass is 10.1. The summed E-state index contributed by atoms with van der Waals surface area (Å²) in [7, 11) is 0. The quantitative estimate of drug-likeness (QED) is 0.325. The Balaban J connectivity index is 1.63. The van der Waals surface area contributed by atoms with Crippen molar-refractivity contribution in [2.24, 2.45) is 0 Å². The number of H-pyrrole nitrogens is 1. The monoisotopic (exact) mass is 435 g/mol. The number of nitro benzene ring substituents is 1. The Bertz CT molecular complexity index is 1450. The van der Waals surface area contributed by atoms with Gasteiger partial charge in [-0.3, -0.25) is 40.4 Å². The Morgan fingerprint density at radius 2 is 1.69 bits per heavy atom. The van der Waals surface area contributed by atoms with Crippen molar-refractivity contribution in [1.29, 1.82) is 0 Å². The van der Waals surface area contributed by atoms with Crippen LogP contribution in [0.15, 0.2) is 47.3 Å². The molecule has 3 N–H and O–H groups in total. The summed E-state index contributed by atoms with van der Waals surface area (Å²) >= 11 is 0. The summed E-state index contributed by atoms with van der Waals surface area (Å²) in [6, 6.07) is 10.2. The van der Waals surface area contributed by atoms with Gasteiger partial charge in [-0.2, -0.15) is 10.2 Å². The smallest absolute Gasteiger partial charge is 0.277 e. The molecule has 0 unspecified atom stereocenters. The first-order chi connectivity index (χ1) is 15.3. The van der Waals surface area contributed by atoms with Crippen LogP contribution >= 0.6 is 0 Å². The average molecular weight is 435 g/mol. The Kier molecular flexibility index (Phi) is 5.10. The summed E-state index contributed by atoms with van der Waals surface area (Å²) < 4.78 is 1.19. The molecule has 2 heterocycles. The van der Waals surface area contributed by atoms with E-state index in [0.717, 1.165) is 0 Å². The Morgan fingerprint density at radius 3 is 2.34 bits per heavy atom. The van der Waals surface area contributed by atoms with Gasteiger partial charge in [-0.05, 0) is 26.0 Å². The number of nitro groups is 1. The second kappa shape index (κ2) is 7.91. The van der Waals surface area contributed by atoms with E-state index < -0.39 is 16.7 Å². The number of amides is 2. The van der Waals surface area contributed by atoms with Gasteiger partial charge in [0.15, 0.2) is 11.4 Å². The highest BCUT2D eigenvalue weighted by molar-refractivity contribution is 6.08. The SMILES string of the molecule is CC(C)n1nc(C(=O)NNC(=O)c2n[nH]c3ccc([N+](=O)[O-])cc23)c2ccccc2c1=O. The van der Waals surface area contributed by atoms with E-state index in [2.05, 4.69) is 26.1 Å². The van der Waals surface area contributed by atoms with Gasteiger partial charge in [-0.1, -0.05) is 18.2 Å². The van der Waals surface area contributed by atoms with Crippen molar-refractivity contribution in [1.82, 2.24) is 30.8 Å². The van der Waals surface area contributed by atoms with Gasteiger partial charge in [0.05, 0.1) is 21.9 Å². The third kappa shape index (κ3) is 3.53. The first-order valence-corrected chi connectivity index (χ1v) is 9.52. The van der Waals surface area contributed by atoms with Gasteiger partial charge < -0.3 is 0 Å². The number of carbonyl (C=O) groups is 2. The Morgan fingerprint density at radius 1 is 1.03 bits per heavy atom. The normalized spacial score (nSPS) is 11.1. The van der Waals surface area contributed by atoms with Crippen molar-refractivity contribution in [3.05, 3.63) is 74.3 Å². The number of hydrogen-bond acceptors (Lipinski definition) is 7. The zero-order valence-electron chi connectivity index (χ0n) is 16.9. The molecule has 0 radical (unpaired) electrons. The summed E-state index contributed by atoms with van der Waals surface area (Å²) in [5.41, 5.74) is 4.20. The Hall–Kier alpha value is -4.61. The van der Waals surface area contributed by atoms with Crippen LogP contribution in [0.2, 0.25) is 0 Å². The molecule has 0 bridgehead atoms. The predicted molar refractivity (Wildman–Crippen MR) is 114 cm³/mol. The molecule has 0 atom stereocenters. The lowest BCUT2D eigenvalue weighted by Crippen LogP contribution is -2.43. The number of aromatic nitrogens is 4. The number of nitrogens with one attached hydrogen (secondary N) is 3. The number of rotatable bonds is 4. The van der Waals surface area contributed by atoms with E-state index >= 15 is 0 Å². The lowest BCUT2D eigenvalue weighted by molar-refractivity contribution is -0.384. The van der Waals surface area contributed by atoms with Crippen molar-refractivity contribution in [3.8, 4) is 0 Å². The van der Waals surface area contributed by atoms with Crippen molar-refractivity contribution in [2.75, 3.05) is 0 Å². The summed E-state index contributed by atoms with van der Waals surface area (Å²) in [5, 5.41) is 22.5. The first kappa shape index (κ1) is 20.7. The third-order valence-electron chi connectivity index (χ3n) is 4.79. The Labute approximate surface area is 179 Å². The molecule has 0 spiro atoms. The molecule has 2 amide bonds. The molecule has 162 valence electrons. The zero-order valence-corrected chi connectivity index (χ0v) is 16.9. The lowest BCUT2D eigenvalue weighted by Gasteiger charge is -2.13. The average Bonchev–Trinajstić information content (AvgIpc) is 3.20. The number of fused-ring (bicyclic) bond motifs is 2. The van der Waals surface area contributed by atoms with Crippen LogP contribution in [0.4, 0.5) is 5.69 Å². The van der Waals surface area contributed by atoms with E-state index in [0.29, 0.717) is 16.3 Å². The molecule has 2 aromatic heterocycles. The summed E-state index contributed by atoms with van der Waals surface area (Å²) in [6.45, 7) is 3.52. The summed E-state index contributed by atoms with van der Waals surface area (Å²) in [5.74, 6) is -1.53. The van der Waals surface area contributed by atoms with Crippen LogP contribution in [0.5, 0.6) is 0 Å². The molecule has 0 aliphatic carbocycles. The molecule has 32 heavy (non-hydrogen) atoms. The topological polar surface area (TPSA) is 165 Å². The third-order valence-corrected chi connectivity index (χ3v) is 4.79. The van der Waals surface area contributed by atoms with Crippen molar-refractivity contribution >= 4 is 39.2 Å². The van der Waals surface area contributed by atoms with E-state index in [1.54, 1.807) is 38.1 Å². The van der Waals surface area contributed by atoms with Crippen LogP contribution < -0.4 is 16.4 Å². The van der Waals surface area contributed by atoms with E-state index in [4.69, 9.17) is 0 Å². The van der Waals surface area contributed by atoms with Gasteiger partial charge in [-0.25, -0.2) is 4.68 Å². The van der Waals surface area contributed by atoms with Crippen molar-refractivity contribution in [2.45, 2.75) is 19.9 Å². The van der Waals surface area contributed by atoms with E-state index in [9.17, 15) is 24.5 Å². The molecule has 4 aromatic rings. The highest BCUT2D eigenvalue weighted by atomic mass is 16.6. The van der Waals surface area contributed by atoms with E-state index in [1.807, 2.05) is 0 Å². The molecule has 0 saturated carbocycles. The number of hydrogen-bond donors (Lipinski definition) is 3. The molecule has 2 aromatic carbocycles. The molecule has 0 aliphatic heterocycles. The number of non-ortho nitro benzene ring substituents is 1. The fourth-order valence-corrected chi connectivity index (χ4v) is 3.24. The van der Waals surface area contributed by atoms with Gasteiger partial charge in [0.1, 0.15) is 0 Å². The van der Waals surface area contributed by atoms with Gasteiger partial charge >= 0.3 is 0 Å². The molecule has 12 heteroatoms. The number of nitrogens with zero attached hydrogens (tertiary/aromatic N) is 4. The molecule has 0 aliphatic rings. The van der Waals surface area contributed by atoms with Crippen LogP contribution in [-0.4, -0.2) is 36.7 Å². The molecule has 4 rings (SSSR count). The van der Waals surface area contributed by atoms with Crippen LogP contribution in [0, 0.1) is 10.1 Å². The van der Waals surface area contributed by atoms with Crippen LogP contribution in [0.3, 0.4) is 0 Å². The minimum atomic E-state index is -0.786. The van der Waals surface area contributed by atoms with Crippen LogP contribution in [-0.2, 0) is 0 Å². The highest BCUT2D eigenvalue weighted by Gasteiger charge is 2.21. The van der Waals surface area contributed by atoms with Gasteiger partial charge in [-0.15, -0.1) is 0 Å². The maximum atomic E-state index is 12.8. The minimum Gasteiger partial charge on any atom is -0.277 e. The van der Waals surface area contributed by atoms with Gasteiger partial charge in [0, 0.05) is 22.9 Å². The number of aromatic amines is 1. The van der Waals surface area contributed by atoms with Gasteiger partial charge in [0.25, 0.3) is 23.1 Å². The number of hydrazine groups is 1. The van der Waals surface area contributed by atoms with Crippen molar-refractivity contribution < 1.29 is 14.5 Å². The standard InChI is InChI=1S/C20H17N7O5/c1-10(2)26-20(30)13-6-4-3-5-12(13)17(25-26)19(29)24-23-18(28)16-14-9-11(27(31)32)7-8-15(14)21-22-16/h3-10H,1-2H3,(H,21,22)(H,23,28)(H,24,29). The van der Waals surface area contributed by atoms with Crippen molar-refractivity contribution in [3.63, 3.8) is 0 Å². The predicted octanol–water partition coefficient (Wildman–Crippen LogP) is 1.84. The molecular formula is C20H17N7O5. The molecular weight excluding hydrogens is 418 g/mol. The fraction of sp³-hybridized carbons (Fsp3) is 0.150. The number of carbonyl (C=O) groups excluding carboxylic acids is 2. The highest BCUT2D eigenvalue weighted by Crippen LogP contribution is 2.22. The molecule has 12 nitrogen and oxygen atoms in total. The largest absolute Gasteiger partial charge is 0.290 e. The maximum absolute atomic E-state index is 12.8. The first-order valence-electron chi connectivity index (χ1n) is 9.52. The van der Waals surface area contributed by atoms with Crippen LogP contribution in [0.25, 0.3) is 21.7 Å². The zero-order chi connectivity index (χ0) is 23.0. The summed E-state index contributed by atoms with van der Waals surface area (Å²) in [4.78, 5) is 48.4. The minimum absolute atomic E-state index is 0.0447. The summed E-state index contributed by atoms with van der Waals surface area (Å²) in [6.07, 6.45) is 0. The van der Waals surface area contributed by atoms with Gasteiger partial charge in [0.2, 0.25) is 0 Å². The second-order valence-electron chi connectivity index (χ2n) is 7.21. The molecule has 0 saturated heterocycles. The van der Waals surface area contributed by atoms with E-state index in [1.165, 1.54) is 22.9 Å². The fourth-order valence-electron chi connectivity index (χ4n) is 3.24. The second-order valence-corrected chi connectivity index (χ2v) is 7.21. The number of benzene rings is 2.